The molecule has 6 rings (SSSR count). The molecule has 0 amide bonds. The Labute approximate surface area is 344 Å². The molecule has 4 atom stereocenters. The van der Waals surface area contributed by atoms with E-state index in [4.69, 9.17) is 23.7 Å². The summed E-state index contributed by atoms with van der Waals surface area (Å²) >= 11 is 0. The molecule has 6 aromatic carbocycles. The van der Waals surface area contributed by atoms with Crippen molar-refractivity contribution in [1.82, 2.24) is 0 Å². The second-order valence-electron chi connectivity index (χ2n) is 15.0. The first kappa shape index (κ1) is 42.8. The molecule has 0 saturated heterocycles. The van der Waals surface area contributed by atoms with E-state index in [2.05, 4.69) is 13.8 Å². The fourth-order valence-corrected chi connectivity index (χ4v) is 7.16. The third-order valence-electron chi connectivity index (χ3n) is 10.8. The Bertz CT molecular complexity index is 2020. The largest absolute Gasteiger partial charge is 0.494 e. The van der Waals surface area contributed by atoms with Gasteiger partial charge in [-0.05, 0) is 160 Å². The number of hydrogen-bond donors (Lipinski definition) is 0. The van der Waals surface area contributed by atoms with Crippen molar-refractivity contribution in [2.75, 3.05) is 26.4 Å². The van der Waals surface area contributed by atoms with Gasteiger partial charge in [-0.15, -0.1) is 0 Å². The number of rotatable bonds is 20. The van der Waals surface area contributed by atoms with Crippen LogP contribution in [0, 0.1) is 23.3 Å². The van der Waals surface area contributed by atoms with Gasteiger partial charge >= 0.3 is 0 Å². The maximum atomic E-state index is 14.3. The van der Waals surface area contributed by atoms with Gasteiger partial charge in [0, 0.05) is 0 Å². The van der Waals surface area contributed by atoms with Crippen LogP contribution in [-0.4, -0.2) is 38.6 Å². The smallest absolute Gasteiger partial charge is 0.123 e. The van der Waals surface area contributed by atoms with Crippen molar-refractivity contribution in [2.45, 2.75) is 63.6 Å². The Morgan fingerprint density at radius 2 is 0.661 bits per heavy atom. The predicted octanol–water partition coefficient (Wildman–Crippen LogP) is 11.7. The van der Waals surface area contributed by atoms with Crippen molar-refractivity contribution >= 4 is 0 Å². The topological polar surface area (TPSA) is 46.2 Å². The molecule has 9 heteroatoms. The van der Waals surface area contributed by atoms with Crippen LogP contribution in [0.3, 0.4) is 0 Å². The molecule has 59 heavy (non-hydrogen) atoms. The zero-order valence-corrected chi connectivity index (χ0v) is 33.8. The minimum Gasteiger partial charge on any atom is -0.494 e. The van der Waals surface area contributed by atoms with Gasteiger partial charge in [0.25, 0.3) is 0 Å². The zero-order chi connectivity index (χ0) is 41.8. The number of ether oxygens (including phenoxy) is 5. The Morgan fingerprint density at radius 3 is 0.966 bits per heavy atom. The molecule has 0 aliphatic rings. The second kappa shape index (κ2) is 19.8. The molecule has 6 aromatic rings. The molecule has 0 spiro atoms. The van der Waals surface area contributed by atoms with E-state index in [1.54, 1.807) is 48.5 Å². The van der Waals surface area contributed by atoms with Crippen LogP contribution in [0.1, 0.15) is 49.9 Å². The van der Waals surface area contributed by atoms with E-state index in [0.717, 1.165) is 22.3 Å². The monoisotopic (exact) mass is 806 g/mol. The summed E-state index contributed by atoms with van der Waals surface area (Å²) in [6, 6.07) is 39.9. The molecule has 0 bridgehead atoms. The highest BCUT2D eigenvalue weighted by Crippen LogP contribution is 2.40. The lowest BCUT2D eigenvalue weighted by Gasteiger charge is -2.45. The summed E-state index contributed by atoms with van der Waals surface area (Å²) in [7, 11) is 0. The van der Waals surface area contributed by atoms with Crippen LogP contribution < -0.4 is 18.9 Å². The van der Waals surface area contributed by atoms with Crippen LogP contribution >= 0.6 is 0 Å². The highest BCUT2D eigenvalue weighted by Gasteiger charge is 2.45. The molecule has 0 aromatic heterocycles. The van der Waals surface area contributed by atoms with Crippen LogP contribution in [0.15, 0.2) is 146 Å². The third kappa shape index (κ3) is 11.2. The molecule has 0 N–H and O–H groups in total. The number of halogens is 4. The van der Waals surface area contributed by atoms with Gasteiger partial charge in [-0.1, -0.05) is 48.5 Å². The van der Waals surface area contributed by atoms with Crippen molar-refractivity contribution in [3.8, 4) is 23.0 Å². The van der Waals surface area contributed by atoms with E-state index in [1.165, 1.54) is 48.5 Å². The highest BCUT2D eigenvalue weighted by atomic mass is 19.1. The Kier molecular flexibility index (Phi) is 14.3. The molecule has 0 aliphatic heterocycles. The van der Waals surface area contributed by atoms with E-state index in [1.807, 2.05) is 62.4 Å². The minimum absolute atomic E-state index is 0.105. The van der Waals surface area contributed by atoms with Gasteiger partial charge in [0.2, 0.25) is 0 Å². The average Bonchev–Trinajstić information content (AvgIpc) is 3.24. The third-order valence-corrected chi connectivity index (χ3v) is 10.8. The van der Waals surface area contributed by atoms with Gasteiger partial charge in [-0.2, -0.15) is 0 Å². The summed E-state index contributed by atoms with van der Waals surface area (Å²) in [6.07, 6.45) is -0.668. The predicted molar refractivity (Wildman–Crippen MR) is 223 cm³/mol. The molecule has 0 fully saturated rings. The summed E-state index contributed by atoms with van der Waals surface area (Å²) in [5.74, 6) is 0.838. The average molecular weight is 807 g/mol. The van der Waals surface area contributed by atoms with Gasteiger partial charge in [0.05, 0.1) is 36.3 Å². The van der Waals surface area contributed by atoms with Gasteiger partial charge in [-0.3, -0.25) is 0 Å². The van der Waals surface area contributed by atoms with Crippen molar-refractivity contribution in [3.63, 3.8) is 0 Å². The quantitative estimate of drug-likeness (QED) is 0.0719. The molecule has 0 aliphatic carbocycles. The molecular weight excluding hydrogens is 757 g/mol. The fraction of sp³-hybridized carbons (Fsp3) is 0.280. The summed E-state index contributed by atoms with van der Waals surface area (Å²) in [6.45, 7) is 9.15. The van der Waals surface area contributed by atoms with Crippen molar-refractivity contribution in [2.24, 2.45) is 0 Å². The van der Waals surface area contributed by atoms with Crippen LogP contribution in [0.5, 0.6) is 23.0 Å². The van der Waals surface area contributed by atoms with Crippen molar-refractivity contribution in [1.29, 1.82) is 0 Å². The summed E-state index contributed by atoms with van der Waals surface area (Å²) < 4.78 is 88.9. The molecule has 0 heterocycles. The van der Waals surface area contributed by atoms with Gasteiger partial charge in [0.1, 0.15) is 59.5 Å². The Hall–Kier alpha value is -5.80. The molecular formula is C50H50F4O5. The molecule has 308 valence electrons. The Balaban J connectivity index is 1.51. The first-order valence-corrected chi connectivity index (χ1v) is 19.8. The Morgan fingerprint density at radius 1 is 0.390 bits per heavy atom. The summed E-state index contributed by atoms with van der Waals surface area (Å²) in [5, 5.41) is 0. The molecule has 0 saturated carbocycles. The van der Waals surface area contributed by atoms with Crippen LogP contribution in [0.2, 0.25) is 0 Å². The number of hydrogen-bond acceptors (Lipinski definition) is 5. The van der Waals surface area contributed by atoms with Crippen LogP contribution in [0.25, 0.3) is 0 Å². The van der Waals surface area contributed by atoms with Gasteiger partial charge in [-0.25, -0.2) is 17.6 Å². The SMILES string of the molecule is CCOc1ccc(C(C)(COc2ccc(F)cc2)C(Cc2ccc(F)cc2)OC(Cc2ccc(F)cc2)C(C)(COc2ccc(F)cc2)c2ccc(OCC)cc2)cc1. The summed E-state index contributed by atoms with van der Waals surface area (Å²) in [5.41, 5.74) is 1.57. The standard InChI is InChI=1S/C50H50F4O5/c1-5-55-43-23-11-37(12-24-43)49(3,33-57-45-27-19-41(53)20-28-45)47(31-35-7-15-39(51)16-8-35)59-48(32-36-9-17-40(52)18-10-36)50(4,34-58-46-29-21-42(54)22-30-46)38-13-25-44(26-14-38)56-6-2/h7-30,47-48H,5-6,31-34H2,1-4H3. The van der Waals surface area contributed by atoms with E-state index in [-0.39, 0.29) is 36.5 Å². The fourth-order valence-electron chi connectivity index (χ4n) is 7.16. The lowest BCUT2D eigenvalue weighted by atomic mass is 9.73. The van der Waals surface area contributed by atoms with Crippen molar-refractivity contribution < 1.29 is 41.2 Å². The van der Waals surface area contributed by atoms with E-state index in [0.29, 0.717) is 49.1 Å². The first-order valence-electron chi connectivity index (χ1n) is 19.8. The van der Waals surface area contributed by atoms with Crippen LogP contribution in [0.4, 0.5) is 17.6 Å². The van der Waals surface area contributed by atoms with Crippen LogP contribution in [-0.2, 0) is 28.4 Å². The van der Waals surface area contributed by atoms with Gasteiger partial charge < -0.3 is 23.7 Å². The van der Waals surface area contributed by atoms with E-state index < -0.39 is 23.0 Å². The second-order valence-corrected chi connectivity index (χ2v) is 15.0. The molecule has 4 unspecified atom stereocenters. The normalized spacial score (nSPS) is 14.4. The van der Waals surface area contributed by atoms with E-state index >= 15 is 0 Å². The maximum Gasteiger partial charge on any atom is 0.123 e. The molecule has 5 nitrogen and oxygen atoms in total. The lowest BCUT2D eigenvalue weighted by Crippen LogP contribution is -2.52. The first-order chi connectivity index (χ1) is 28.5. The zero-order valence-electron chi connectivity index (χ0n) is 33.8. The van der Waals surface area contributed by atoms with Gasteiger partial charge in [0.15, 0.2) is 0 Å². The van der Waals surface area contributed by atoms with E-state index in [9.17, 15) is 17.6 Å². The highest BCUT2D eigenvalue weighted by molar-refractivity contribution is 5.37. The lowest BCUT2D eigenvalue weighted by molar-refractivity contribution is -0.0963. The number of benzene rings is 6. The van der Waals surface area contributed by atoms with Crippen molar-refractivity contribution in [3.05, 3.63) is 191 Å². The summed E-state index contributed by atoms with van der Waals surface area (Å²) in [4.78, 5) is 0. The maximum absolute atomic E-state index is 14.3. The molecule has 0 radical (unpaired) electrons. The minimum atomic E-state index is -0.911.